The van der Waals surface area contributed by atoms with Crippen molar-refractivity contribution < 1.29 is 0 Å². The maximum Gasteiger partial charge on any atom is 0.0542 e. The molecular formula is C44H46S4. The largest absolute Gasteiger partial charge is 0.134 e. The summed E-state index contributed by atoms with van der Waals surface area (Å²) in [5.41, 5.74) is 5.65. The Morgan fingerprint density at radius 3 is 1.08 bits per heavy atom. The van der Waals surface area contributed by atoms with Gasteiger partial charge in [-0.25, -0.2) is 0 Å². The van der Waals surface area contributed by atoms with Gasteiger partial charge in [0.05, 0.1) is 18.8 Å². The van der Waals surface area contributed by atoms with Crippen LogP contribution in [0.15, 0.2) is 72.8 Å². The van der Waals surface area contributed by atoms with Gasteiger partial charge in [-0.15, -0.1) is 45.3 Å². The first-order chi connectivity index (χ1) is 23.7. The Morgan fingerprint density at radius 1 is 0.354 bits per heavy atom. The van der Waals surface area contributed by atoms with Crippen LogP contribution in [-0.2, 0) is 12.8 Å². The van der Waals surface area contributed by atoms with Gasteiger partial charge in [-0.05, 0) is 96.5 Å². The van der Waals surface area contributed by atoms with Crippen molar-refractivity contribution in [2.45, 2.75) is 104 Å². The molecule has 4 aromatic heterocycles. The van der Waals surface area contributed by atoms with Gasteiger partial charge in [-0.1, -0.05) is 102 Å². The van der Waals surface area contributed by atoms with E-state index in [0.717, 1.165) is 0 Å². The fourth-order valence-electron chi connectivity index (χ4n) is 7.50. The van der Waals surface area contributed by atoms with Gasteiger partial charge >= 0.3 is 0 Å². The van der Waals surface area contributed by atoms with Crippen molar-refractivity contribution >= 4 is 104 Å². The van der Waals surface area contributed by atoms with E-state index in [0.29, 0.717) is 0 Å². The highest BCUT2D eigenvalue weighted by molar-refractivity contribution is 7.37. The lowest BCUT2D eigenvalue weighted by molar-refractivity contribution is 0.607. The number of thiophene rings is 4. The molecule has 4 aromatic carbocycles. The van der Waals surface area contributed by atoms with E-state index in [2.05, 4.69) is 86.6 Å². The molecule has 0 unspecified atom stereocenters. The van der Waals surface area contributed by atoms with Crippen molar-refractivity contribution in [1.29, 1.82) is 0 Å². The van der Waals surface area contributed by atoms with E-state index in [1.165, 1.54) is 171 Å². The second kappa shape index (κ2) is 14.6. The maximum atomic E-state index is 2.49. The molecule has 246 valence electrons. The van der Waals surface area contributed by atoms with Crippen LogP contribution in [0.1, 0.15) is 102 Å². The first-order valence-electron chi connectivity index (χ1n) is 18.5. The molecule has 0 saturated heterocycles. The number of rotatable bonds is 15. The average Bonchev–Trinajstić information content (AvgIpc) is 3.85. The normalized spacial score (nSPS) is 12.3. The van der Waals surface area contributed by atoms with Crippen LogP contribution >= 0.6 is 45.3 Å². The molecule has 0 saturated carbocycles. The van der Waals surface area contributed by atoms with Gasteiger partial charge in [0.15, 0.2) is 0 Å². The van der Waals surface area contributed by atoms with E-state index < -0.39 is 0 Å². The Balaban J connectivity index is 1.06. The van der Waals surface area contributed by atoms with Crippen LogP contribution < -0.4 is 0 Å². The number of aryl methyl sites for hydroxylation is 2. The first kappa shape index (κ1) is 32.4. The Morgan fingerprint density at radius 2 is 0.688 bits per heavy atom. The van der Waals surface area contributed by atoms with E-state index in [-0.39, 0.29) is 0 Å². The topological polar surface area (TPSA) is 0 Å². The summed E-state index contributed by atoms with van der Waals surface area (Å²) < 4.78 is 11.5. The number of fused-ring (bicyclic) bond motifs is 10. The molecule has 0 aliphatic carbocycles. The van der Waals surface area contributed by atoms with Gasteiger partial charge in [0, 0.05) is 40.3 Å². The third kappa shape index (κ3) is 6.47. The van der Waals surface area contributed by atoms with Crippen molar-refractivity contribution in [2.75, 3.05) is 0 Å². The molecule has 8 aromatic rings. The molecule has 0 spiro atoms. The third-order valence-corrected chi connectivity index (χ3v) is 15.3. The van der Waals surface area contributed by atoms with Crippen LogP contribution in [-0.4, -0.2) is 0 Å². The van der Waals surface area contributed by atoms with Gasteiger partial charge < -0.3 is 0 Å². The van der Waals surface area contributed by atoms with Gasteiger partial charge in [-0.2, -0.15) is 0 Å². The lowest BCUT2D eigenvalue weighted by Gasteiger charge is -2.03. The van der Waals surface area contributed by atoms with Crippen LogP contribution in [0.5, 0.6) is 0 Å². The van der Waals surface area contributed by atoms with Crippen molar-refractivity contribution in [3.63, 3.8) is 0 Å². The monoisotopic (exact) mass is 702 g/mol. The molecule has 0 aliphatic heterocycles. The van der Waals surface area contributed by atoms with E-state index in [1.807, 2.05) is 45.3 Å². The zero-order valence-electron chi connectivity index (χ0n) is 28.5. The standard InChI is InChI=1S/C44H46S4/c1-3-5-7-9-11-13-15-29-17-21-37-33(25-29)41-43(45-37)35-27-31(19-23-39(35)47-41)32-20-24-40-36(28-32)44-42(48-40)34-26-30(18-22-38(34)46-44)16-14-12-10-8-6-4-2/h17-28H,3-16H2,1-2H3. The minimum absolute atomic E-state index is 1.20. The number of unbranched alkanes of at least 4 members (excludes halogenated alkanes) is 10. The van der Waals surface area contributed by atoms with Crippen LogP contribution in [0.3, 0.4) is 0 Å². The van der Waals surface area contributed by atoms with E-state index in [4.69, 9.17) is 0 Å². The highest BCUT2D eigenvalue weighted by Crippen LogP contribution is 2.47. The van der Waals surface area contributed by atoms with E-state index >= 15 is 0 Å². The smallest absolute Gasteiger partial charge is 0.0542 e. The molecule has 8 rings (SSSR count). The first-order valence-corrected chi connectivity index (χ1v) is 21.7. The summed E-state index contributed by atoms with van der Waals surface area (Å²) in [6.07, 6.45) is 18.7. The highest BCUT2D eigenvalue weighted by atomic mass is 32.1. The summed E-state index contributed by atoms with van der Waals surface area (Å²) >= 11 is 7.92. The predicted octanol–water partition coefficient (Wildman–Crippen LogP) is 16.3. The second-order valence-electron chi connectivity index (χ2n) is 13.8. The van der Waals surface area contributed by atoms with E-state index in [9.17, 15) is 0 Å². The summed E-state index contributed by atoms with van der Waals surface area (Å²) in [5, 5.41) is 5.76. The average molecular weight is 703 g/mol. The zero-order chi connectivity index (χ0) is 32.5. The minimum atomic E-state index is 1.20. The molecule has 0 fully saturated rings. The summed E-state index contributed by atoms with van der Waals surface area (Å²) in [6, 6.07) is 28.9. The lowest BCUT2D eigenvalue weighted by atomic mass is 10.0. The van der Waals surface area contributed by atoms with Crippen LogP contribution in [0.4, 0.5) is 0 Å². The van der Waals surface area contributed by atoms with Gasteiger partial charge in [0.25, 0.3) is 0 Å². The fraction of sp³-hybridized carbons (Fsp3) is 0.364. The van der Waals surface area contributed by atoms with Crippen LogP contribution in [0.2, 0.25) is 0 Å². The summed E-state index contributed by atoms with van der Waals surface area (Å²) in [6.45, 7) is 4.59. The van der Waals surface area contributed by atoms with Crippen LogP contribution in [0, 0.1) is 0 Å². The molecule has 48 heavy (non-hydrogen) atoms. The highest BCUT2D eigenvalue weighted by Gasteiger charge is 2.16. The molecule has 4 heterocycles. The van der Waals surface area contributed by atoms with Gasteiger partial charge in [0.2, 0.25) is 0 Å². The number of hydrogen-bond donors (Lipinski definition) is 0. The second-order valence-corrected chi connectivity index (χ2v) is 18.1. The minimum Gasteiger partial charge on any atom is -0.134 e. The number of hydrogen-bond acceptors (Lipinski definition) is 4. The van der Waals surface area contributed by atoms with Crippen molar-refractivity contribution in [3.05, 3.63) is 83.9 Å². The molecule has 0 atom stereocenters. The molecule has 0 amide bonds. The van der Waals surface area contributed by atoms with Crippen LogP contribution in [0.25, 0.3) is 70.3 Å². The molecule has 0 bridgehead atoms. The van der Waals surface area contributed by atoms with Gasteiger partial charge in [-0.3, -0.25) is 0 Å². The zero-order valence-corrected chi connectivity index (χ0v) is 31.7. The lowest BCUT2D eigenvalue weighted by Crippen LogP contribution is -1.86. The SMILES string of the molecule is CCCCCCCCc1ccc2sc3c4cc(-c5ccc6sc7c8cc(CCCCCCCC)ccc8sc7c6c5)ccc4sc3c2c1. The molecule has 0 aliphatic rings. The Bertz CT molecular complexity index is 2170. The van der Waals surface area contributed by atoms with Crippen molar-refractivity contribution in [1.82, 2.24) is 0 Å². The summed E-state index contributed by atoms with van der Waals surface area (Å²) in [7, 11) is 0. The summed E-state index contributed by atoms with van der Waals surface area (Å²) in [5.74, 6) is 0. The van der Waals surface area contributed by atoms with Crippen molar-refractivity contribution in [3.8, 4) is 11.1 Å². The summed E-state index contributed by atoms with van der Waals surface area (Å²) in [4.78, 5) is 0. The fourth-order valence-corrected chi connectivity index (χ4v) is 12.7. The number of benzene rings is 4. The van der Waals surface area contributed by atoms with E-state index in [1.54, 1.807) is 0 Å². The maximum absolute atomic E-state index is 2.49. The molecule has 0 nitrogen and oxygen atoms in total. The predicted molar refractivity (Wildman–Crippen MR) is 223 cm³/mol. The Hall–Kier alpha value is -2.76. The molecular weight excluding hydrogens is 657 g/mol. The quantitative estimate of drug-likeness (QED) is 0.0933. The van der Waals surface area contributed by atoms with Gasteiger partial charge in [0.1, 0.15) is 0 Å². The molecule has 4 heteroatoms. The van der Waals surface area contributed by atoms with Crippen molar-refractivity contribution in [2.24, 2.45) is 0 Å². The Labute approximate surface area is 301 Å². The third-order valence-electron chi connectivity index (χ3n) is 10.3. The molecule has 0 radical (unpaired) electrons. The Kier molecular flexibility index (Phi) is 9.88. The molecule has 0 N–H and O–H groups in total.